The fourth-order valence-electron chi connectivity index (χ4n) is 2.70. The van der Waals surface area contributed by atoms with Gasteiger partial charge in [-0.3, -0.25) is 9.69 Å². The lowest BCUT2D eigenvalue weighted by Crippen LogP contribution is -2.48. The van der Waals surface area contributed by atoms with Gasteiger partial charge in [0.1, 0.15) is 5.75 Å². The molecule has 0 bridgehead atoms. The molecule has 1 fully saturated rings. The fraction of sp³-hybridized carbons (Fsp3) is 0.562. The smallest absolute Gasteiger partial charge is 0.238 e. The molecule has 2 N–H and O–H groups in total. The minimum absolute atomic E-state index is 0.0835. The van der Waals surface area contributed by atoms with Crippen molar-refractivity contribution in [2.24, 2.45) is 0 Å². The Kier molecular flexibility index (Phi) is 5.20. The van der Waals surface area contributed by atoms with E-state index < -0.39 is 5.60 Å². The van der Waals surface area contributed by atoms with E-state index in [0.29, 0.717) is 24.6 Å². The predicted octanol–water partition coefficient (Wildman–Crippen LogP) is 1.87. The standard InChI is InChI=1S/C16H24N2O3/c1-3-21-14-8-5-4-7-13(14)17-15(19)11-18-10-6-9-16(2,20)12-18/h4-5,7-8,20H,3,6,9-12H2,1-2H3,(H,17,19). The normalized spacial score (nSPS) is 22.8. The number of ether oxygens (including phenoxy) is 1. The minimum Gasteiger partial charge on any atom is -0.492 e. The second kappa shape index (κ2) is 6.91. The molecule has 5 heteroatoms. The Morgan fingerprint density at radius 3 is 2.95 bits per heavy atom. The number of rotatable bonds is 5. The van der Waals surface area contributed by atoms with Gasteiger partial charge in [0.15, 0.2) is 0 Å². The van der Waals surface area contributed by atoms with Crippen molar-refractivity contribution >= 4 is 11.6 Å². The van der Waals surface area contributed by atoms with E-state index in [1.165, 1.54) is 0 Å². The lowest BCUT2D eigenvalue weighted by molar-refractivity contribution is -0.118. The zero-order chi connectivity index (χ0) is 15.3. The third-order valence-corrected chi connectivity index (χ3v) is 3.58. The van der Waals surface area contributed by atoms with Crippen molar-refractivity contribution < 1.29 is 14.6 Å². The first-order chi connectivity index (χ1) is 10.00. The van der Waals surface area contributed by atoms with Gasteiger partial charge >= 0.3 is 0 Å². The Morgan fingerprint density at radius 1 is 1.48 bits per heavy atom. The molecule has 0 saturated carbocycles. The SMILES string of the molecule is CCOc1ccccc1NC(=O)CN1CCCC(C)(O)C1. The first-order valence-corrected chi connectivity index (χ1v) is 7.46. The summed E-state index contributed by atoms with van der Waals surface area (Å²) in [7, 11) is 0. The largest absolute Gasteiger partial charge is 0.492 e. The molecule has 0 spiro atoms. The van der Waals surface area contributed by atoms with E-state index >= 15 is 0 Å². The van der Waals surface area contributed by atoms with Crippen LogP contribution in [-0.4, -0.2) is 47.8 Å². The molecule has 0 aliphatic carbocycles. The van der Waals surface area contributed by atoms with Crippen LogP contribution in [0.5, 0.6) is 5.75 Å². The highest BCUT2D eigenvalue weighted by Gasteiger charge is 2.29. The van der Waals surface area contributed by atoms with E-state index in [2.05, 4.69) is 5.32 Å². The number of piperidine rings is 1. The number of benzene rings is 1. The van der Waals surface area contributed by atoms with Crippen LogP contribution in [0, 0.1) is 0 Å². The summed E-state index contributed by atoms with van der Waals surface area (Å²) < 4.78 is 5.49. The molecule has 1 atom stereocenters. The minimum atomic E-state index is -0.693. The maximum absolute atomic E-state index is 12.2. The molecule has 1 aromatic rings. The van der Waals surface area contributed by atoms with Gasteiger partial charge in [0, 0.05) is 6.54 Å². The average Bonchev–Trinajstić information content (AvgIpc) is 2.40. The number of anilines is 1. The quantitative estimate of drug-likeness (QED) is 0.870. The molecule has 1 aliphatic heterocycles. The molecule has 21 heavy (non-hydrogen) atoms. The zero-order valence-electron chi connectivity index (χ0n) is 12.8. The van der Waals surface area contributed by atoms with E-state index in [0.717, 1.165) is 19.4 Å². The number of hydrogen-bond donors (Lipinski definition) is 2. The van der Waals surface area contributed by atoms with Crippen LogP contribution in [0.1, 0.15) is 26.7 Å². The third-order valence-electron chi connectivity index (χ3n) is 3.58. The summed E-state index contributed by atoms with van der Waals surface area (Å²) in [5.41, 5.74) is -0.00463. The lowest BCUT2D eigenvalue weighted by Gasteiger charge is -2.36. The van der Waals surface area contributed by atoms with Crippen LogP contribution in [0.15, 0.2) is 24.3 Å². The molecular weight excluding hydrogens is 268 g/mol. The lowest BCUT2D eigenvalue weighted by atomic mass is 9.95. The summed E-state index contributed by atoms with van der Waals surface area (Å²) in [5.74, 6) is 0.596. The molecule has 5 nitrogen and oxygen atoms in total. The number of carbonyl (C=O) groups is 1. The molecule has 0 aromatic heterocycles. The molecule has 116 valence electrons. The van der Waals surface area contributed by atoms with Crippen LogP contribution in [0.25, 0.3) is 0 Å². The van der Waals surface area contributed by atoms with Crippen molar-refractivity contribution in [3.8, 4) is 5.75 Å². The van der Waals surface area contributed by atoms with Crippen molar-refractivity contribution in [2.45, 2.75) is 32.3 Å². The van der Waals surface area contributed by atoms with Gasteiger partial charge in [0.2, 0.25) is 5.91 Å². The van der Waals surface area contributed by atoms with E-state index in [9.17, 15) is 9.90 Å². The van der Waals surface area contributed by atoms with Crippen LogP contribution in [0.2, 0.25) is 0 Å². The number of carbonyl (C=O) groups excluding carboxylic acids is 1. The van der Waals surface area contributed by atoms with Crippen molar-refractivity contribution in [1.82, 2.24) is 4.90 Å². The van der Waals surface area contributed by atoms with E-state index in [1.54, 1.807) is 0 Å². The second-order valence-electron chi connectivity index (χ2n) is 5.79. The highest BCUT2D eigenvalue weighted by molar-refractivity contribution is 5.93. The van der Waals surface area contributed by atoms with Crippen molar-refractivity contribution in [3.05, 3.63) is 24.3 Å². The van der Waals surface area contributed by atoms with Crippen LogP contribution in [0.3, 0.4) is 0 Å². The monoisotopic (exact) mass is 292 g/mol. The van der Waals surface area contributed by atoms with Gasteiger partial charge in [-0.05, 0) is 45.4 Å². The first kappa shape index (κ1) is 15.8. The van der Waals surface area contributed by atoms with Crippen molar-refractivity contribution in [3.63, 3.8) is 0 Å². The van der Waals surface area contributed by atoms with Crippen LogP contribution in [0.4, 0.5) is 5.69 Å². The molecule has 0 radical (unpaired) electrons. The maximum atomic E-state index is 12.2. The summed E-state index contributed by atoms with van der Waals surface area (Å²) in [6, 6.07) is 7.41. The van der Waals surface area contributed by atoms with Gasteiger partial charge in [-0.25, -0.2) is 0 Å². The van der Waals surface area contributed by atoms with E-state index in [1.807, 2.05) is 43.0 Å². The molecule has 1 aromatic carbocycles. The van der Waals surface area contributed by atoms with Gasteiger partial charge in [-0.2, -0.15) is 0 Å². The number of likely N-dealkylation sites (tertiary alicyclic amines) is 1. The summed E-state index contributed by atoms with van der Waals surface area (Å²) in [4.78, 5) is 14.1. The Hall–Kier alpha value is -1.59. The van der Waals surface area contributed by atoms with Crippen molar-refractivity contribution in [1.29, 1.82) is 0 Å². The molecular formula is C16H24N2O3. The Labute approximate surface area is 125 Å². The topological polar surface area (TPSA) is 61.8 Å². The zero-order valence-corrected chi connectivity index (χ0v) is 12.8. The molecule has 1 amide bonds. The number of aliphatic hydroxyl groups is 1. The Bertz CT molecular complexity index is 488. The number of amides is 1. The maximum Gasteiger partial charge on any atom is 0.238 e. The highest BCUT2D eigenvalue weighted by Crippen LogP contribution is 2.24. The molecule has 1 heterocycles. The summed E-state index contributed by atoms with van der Waals surface area (Å²) in [5, 5.41) is 13.0. The van der Waals surface area contributed by atoms with Crippen LogP contribution in [-0.2, 0) is 4.79 Å². The number of nitrogens with zero attached hydrogens (tertiary/aromatic N) is 1. The number of para-hydroxylation sites is 2. The second-order valence-corrected chi connectivity index (χ2v) is 5.79. The van der Waals surface area contributed by atoms with Gasteiger partial charge in [0.05, 0.1) is 24.4 Å². The summed E-state index contributed by atoms with van der Waals surface area (Å²) >= 11 is 0. The van der Waals surface area contributed by atoms with E-state index in [4.69, 9.17) is 4.74 Å². The van der Waals surface area contributed by atoms with Crippen molar-refractivity contribution in [2.75, 3.05) is 31.6 Å². The Balaban J connectivity index is 1.93. The number of nitrogens with one attached hydrogen (secondary N) is 1. The van der Waals surface area contributed by atoms with Crippen LogP contribution < -0.4 is 10.1 Å². The molecule has 1 saturated heterocycles. The Morgan fingerprint density at radius 2 is 2.24 bits per heavy atom. The molecule has 2 rings (SSSR count). The summed E-state index contributed by atoms with van der Waals surface area (Å²) in [6.07, 6.45) is 1.70. The number of hydrogen-bond acceptors (Lipinski definition) is 4. The fourth-order valence-corrected chi connectivity index (χ4v) is 2.70. The number of β-amino-alcohol motifs (C(OH)–C–C–N with tert-alkyl or cyclic N) is 1. The van der Waals surface area contributed by atoms with Gasteiger partial charge < -0.3 is 15.2 Å². The van der Waals surface area contributed by atoms with Gasteiger partial charge in [-0.1, -0.05) is 12.1 Å². The average molecular weight is 292 g/mol. The van der Waals surface area contributed by atoms with Crippen LogP contribution >= 0.6 is 0 Å². The highest BCUT2D eigenvalue weighted by atomic mass is 16.5. The molecule has 1 aliphatic rings. The third kappa shape index (κ3) is 4.72. The van der Waals surface area contributed by atoms with E-state index in [-0.39, 0.29) is 12.5 Å². The first-order valence-electron chi connectivity index (χ1n) is 7.46. The molecule has 1 unspecified atom stereocenters. The summed E-state index contributed by atoms with van der Waals surface area (Å²) in [6.45, 7) is 5.96. The van der Waals surface area contributed by atoms with Gasteiger partial charge in [0.25, 0.3) is 0 Å². The predicted molar refractivity (Wildman–Crippen MR) is 82.5 cm³/mol. The van der Waals surface area contributed by atoms with Gasteiger partial charge in [-0.15, -0.1) is 0 Å².